The van der Waals surface area contributed by atoms with Gasteiger partial charge in [0.15, 0.2) is 5.17 Å². The molecular formula is C19H21N3O2S. The number of fused-ring (bicyclic) bond motifs is 1. The van der Waals surface area contributed by atoms with E-state index >= 15 is 0 Å². The van der Waals surface area contributed by atoms with Crippen molar-refractivity contribution in [3.63, 3.8) is 0 Å². The predicted octanol–water partition coefficient (Wildman–Crippen LogP) is 3.41. The van der Waals surface area contributed by atoms with Gasteiger partial charge in [-0.25, -0.2) is 0 Å². The third-order valence-corrected chi connectivity index (χ3v) is 4.93. The van der Waals surface area contributed by atoms with Gasteiger partial charge in [-0.15, -0.1) is 0 Å². The van der Waals surface area contributed by atoms with Crippen LogP contribution in [-0.2, 0) is 9.59 Å². The van der Waals surface area contributed by atoms with Crippen LogP contribution in [-0.4, -0.2) is 28.8 Å². The van der Waals surface area contributed by atoms with Crippen LogP contribution in [0.25, 0.3) is 10.8 Å². The van der Waals surface area contributed by atoms with E-state index in [9.17, 15) is 9.59 Å². The molecule has 2 aromatic rings. The minimum atomic E-state index is -0.430. The summed E-state index contributed by atoms with van der Waals surface area (Å²) in [5, 5.41) is 7.91. The molecule has 0 saturated carbocycles. The number of hydrogen-bond acceptors (Lipinski definition) is 4. The van der Waals surface area contributed by atoms with Crippen LogP contribution in [0.3, 0.4) is 0 Å². The van der Waals surface area contributed by atoms with Crippen LogP contribution in [0.15, 0.2) is 47.5 Å². The molecule has 6 heteroatoms. The lowest BCUT2D eigenvalue weighted by Crippen LogP contribution is -2.28. The van der Waals surface area contributed by atoms with E-state index in [1.807, 2.05) is 42.5 Å². The molecule has 0 unspecified atom stereocenters. The summed E-state index contributed by atoms with van der Waals surface area (Å²) in [5.41, 5.74) is 0.764. The number of anilines is 1. The Labute approximate surface area is 151 Å². The maximum Gasteiger partial charge on any atom is 0.240 e. The van der Waals surface area contributed by atoms with Gasteiger partial charge in [-0.05, 0) is 17.4 Å². The first-order valence-electron chi connectivity index (χ1n) is 8.32. The zero-order valence-electron chi connectivity index (χ0n) is 14.3. The second-order valence-corrected chi connectivity index (χ2v) is 7.61. The minimum absolute atomic E-state index is 0.125. The highest BCUT2D eigenvalue weighted by atomic mass is 32.2. The molecular weight excluding hydrogens is 334 g/mol. The fourth-order valence-corrected chi connectivity index (χ4v) is 3.56. The molecule has 2 aromatic carbocycles. The van der Waals surface area contributed by atoms with Crippen molar-refractivity contribution in [1.82, 2.24) is 5.32 Å². The number of hydrogen-bond donors (Lipinski definition) is 2. The number of rotatable bonds is 5. The Morgan fingerprint density at radius 3 is 2.80 bits per heavy atom. The van der Waals surface area contributed by atoms with Crippen molar-refractivity contribution < 1.29 is 9.59 Å². The monoisotopic (exact) mass is 355 g/mol. The summed E-state index contributed by atoms with van der Waals surface area (Å²) in [6.45, 7) is 4.80. The molecule has 1 aliphatic rings. The zero-order chi connectivity index (χ0) is 17.8. The molecule has 3 rings (SSSR count). The van der Waals surface area contributed by atoms with Crippen molar-refractivity contribution in [3.8, 4) is 0 Å². The molecule has 1 aliphatic heterocycles. The molecule has 0 bridgehead atoms. The van der Waals surface area contributed by atoms with Gasteiger partial charge in [0, 0.05) is 24.0 Å². The maximum atomic E-state index is 12.4. The van der Waals surface area contributed by atoms with E-state index in [-0.39, 0.29) is 18.2 Å². The smallest absolute Gasteiger partial charge is 0.240 e. The molecule has 130 valence electrons. The van der Waals surface area contributed by atoms with Crippen LogP contribution in [0.2, 0.25) is 0 Å². The molecule has 1 atom stereocenters. The number of aliphatic imine (C=N–C) groups is 1. The first-order chi connectivity index (χ1) is 12.0. The van der Waals surface area contributed by atoms with Gasteiger partial charge in [0.2, 0.25) is 11.8 Å². The number of nitrogens with zero attached hydrogens (tertiary/aromatic N) is 1. The highest BCUT2D eigenvalue weighted by molar-refractivity contribution is 8.15. The quantitative estimate of drug-likeness (QED) is 0.863. The van der Waals surface area contributed by atoms with Crippen LogP contribution in [0.4, 0.5) is 5.69 Å². The molecule has 2 amide bonds. The molecule has 0 radical (unpaired) electrons. The van der Waals surface area contributed by atoms with Gasteiger partial charge in [0.1, 0.15) is 5.25 Å². The molecule has 1 saturated heterocycles. The molecule has 0 spiro atoms. The maximum absolute atomic E-state index is 12.4. The SMILES string of the molecule is CC(C)CN=C1NC(=O)[C@H](CC(=O)Nc2cccc3ccccc23)S1. The normalized spacial score (nSPS) is 18.8. The van der Waals surface area contributed by atoms with Gasteiger partial charge in [-0.3, -0.25) is 14.6 Å². The van der Waals surface area contributed by atoms with Crippen molar-refractivity contribution in [2.75, 3.05) is 11.9 Å². The number of amides is 2. The second kappa shape index (κ2) is 7.70. The van der Waals surface area contributed by atoms with Crippen LogP contribution in [0.1, 0.15) is 20.3 Å². The number of carbonyl (C=O) groups excluding carboxylic acids is 2. The van der Waals surface area contributed by atoms with E-state index in [4.69, 9.17) is 0 Å². The minimum Gasteiger partial charge on any atom is -0.325 e. The second-order valence-electron chi connectivity index (χ2n) is 6.41. The van der Waals surface area contributed by atoms with Crippen molar-refractivity contribution in [2.45, 2.75) is 25.5 Å². The first-order valence-corrected chi connectivity index (χ1v) is 9.20. The molecule has 0 aliphatic carbocycles. The van der Waals surface area contributed by atoms with Crippen molar-refractivity contribution in [2.24, 2.45) is 10.9 Å². The van der Waals surface area contributed by atoms with Gasteiger partial charge in [0.05, 0.1) is 0 Å². The molecule has 1 heterocycles. The summed E-state index contributed by atoms with van der Waals surface area (Å²) in [6.07, 6.45) is 0.125. The van der Waals surface area contributed by atoms with Gasteiger partial charge in [-0.2, -0.15) is 0 Å². The topological polar surface area (TPSA) is 70.6 Å². The number of amidine groups is 1. The first kappa shape index (κ1) is 17.5. The van der Waals surface area contributed by atoms with E-state index in [1.165, 1.54) is 11.8 Å². The highest BCUT2D eigenvalue weighted by Gasteiger charge is 2.32. The lowest BCUT2D eigenvalue weighted by molar-refractivity contribution is -0.122. The van der Waals surface area contributed by atoms with E-state index < -0.39 is 5.25 Å². The Bertz CT molecular complexity index is 827. The van der Waals surface area contributed by atoms with E-state index in [0.717, 1.165) is 16.5 Å². The molecule has 25 heavy (non-hydrogen) atoms. The van der Waals surface area contributed by atoms with Crippen LogP contribution >= 0.6 is 11.8 Å². The zero-order valence-corrected chi connectivity index (χ0v) is 15.1. The third-order valence-electron chi connectivity index (χ3n) is 3.81. The van der Waals surface area contributed by atoms with Gasteiger partial charge in [-0.1, -0.05) is 62.0 Å². The molecule has 2 N–H and O–H groups in total. The van der Waals surface area contributed by atoms with E-state index in [2.05, 4.69) is 29.5 Å². The summed E-state index contributed by atoms with van der Waals surface area (Å²) >= 11 is 1.33. The fraction of sp³-hybridized carbons (Fsp3) is 0.316. The van der Waals surface area contributed by atoms with Gasteiger partial charge in [0.25, 0.3) is 0 Å². The standard InChI is InChI=1S/C19H21N3O2S/c1-12(2)11-20-19-22-18(24)16(25-19)10-17(23)21-15-9-5-7-13-6-3-4-8-14(13)15/h3-9,12,16H,10-11H2,1-2H3,(H,21,23)(H,20,22,24)/t16-/m0/s1. The predicted molar refractivity (Wildman–Crippen MR) is 104 cm³/mol. The van der Waals surface area contributed by atoms with Crippen molar-refractivity contribution >= 4 is 45.2 Å². The summed E-state index contributed by atoms with van der Waals surface area (Å²) in [4.78, 5) is 28.8. The Morgan fingerprint density at radius 2 is 2.00 bits per heavy atom. The van der Waals surface area contributed by atoms with Crippen LogP contribution < -0.4 is 10.6 Å². The number of benzene rings is 2. The Kier molecular flexibility index (Phi) is 5.38. The van der Waals surface area contributed by atoms with E-state index in [1.54, 1.807) is 0 Å². The third kappa shape index (κ3) is 4.39. The number of thioether (sulfide) groups is 1. The van der Waals surface area contributed by atoms with Gasteiger partial charge < -0.3 is 10.6 Å². The van der Waals surface area contributed by atoms with Gasteiger partial charge >= 0.3 is 0 Å². The number of nitrogens with one attached hydrogen (secondary N) is 2. The largest absolute Gasteiger partial charge is 0.325 e. The van der Waals surface area contributed by atoms with Crippen LogP contribution in [0, 0.1) is 5.92 Å². The van der Waals surface area contributed by atoms with E-state index in [0.29, 0.717) is 17.6 Å². The highest BCUT2D eigenvalue weighted by Crippen LogP contribution is 2.26. The van der Waals surface area contributed by atoms with Crippen LogP contribution in [0.5, 0.6) is 0 Å². The number of carbonyl (C=O) groups is 2. The molecule has 5 nitrogen and oxygen atoms in total. The Balaban J connectivity index is 1.64. The lowest BCUT2D eigenvalue weighted by Gasteiger charge is -2.10. The fourth-order valence-electron chi connectivity index (χ4n) is 2.58. The average Bonchev–Trinajstić information content (AvgIpc) is 2.93. The Hall–Kier alpha value is -2.34. The summed E-state index contributed by atoms with van der Waals surface area (Å²) in [7, 11) is 0. The lowest BCUT2D eigenvalue weighted by atomic mass is 10.1. The molecule has 1 fully saturated rings. The molecule has 0 aromatic heterocycles. The Morgan fingerprint density at radius 1 is 1.24 bits per heavy atom. The summed E-state index contributed by atoms with van der Waals surface area (Å²) in [5.74, 6) is 0.105. The average molecular weight is 355 g/mol. The van der Waals surface area contributed by atoms with Crippen molar-refractivity contribution in [3.05, 3.63) is 42.5 Å². The summed E-state index contributed by atoms with van der Waals surface area (Å²) in [6, 6.07) is 13.7. The summed E-state index contributed by atoms with van der Waals surface area (Å²) < 4.78 is 0. The van der Waals surface area contributed by atoms with Crippen molar-refractivity contribution in [1.29, 1.82) is 0 Å².